The van der Waals surface area contributed by atoms with Crippen molar-refractivity contribution in [1.29, 1.82) is 0 Å². The number of ether oxygens (including phenoxy) is 1. The Kier molecular flexibility index (Phi) is 7.20. The molecule has 0 amide bonds. The first-order valence-corrected chi connectivity index (χ1v) is 5.80. The van der Waals surface area contributed by atoms with Crippen LogP contribution in [-0.4, -0.2) is 25.3 Å². The molecule has 0 aromatic rings. The lowest BCUT2D eigenvalue weighted by atomic mass is 10.0. The van der Waals surface area contributed by atoms with Gasteiger partial charge in [-0.3, -0.25) is 0 Å². The standard InChI is InChI=1S/C12H27NO/c1-6-7-8-11(2)13-10-9-12(3,4)14-5/h11,13H,6-10H2,1-5H3. The molecule has 0 fully saturated rings. The summed E-state index contributed by atoms with van der Waals surface area (Å²) in [6.07, 6.45) is 4.96. The van der Waals surface area contributed by atoms with Crippen LogP contribution in [0.4, 0.5) is 0 Å². The van der Waals surface area contributed by atoms with E-state index in [2.05, 4.69) is 33.0 Å². The van der Waals surface area contributed by atoms with E-state index >= 15 is 0 Å². The molecule has 0 aromatic heterocycles. The van der Waals surface area contributed by atoms with Crippen molar-refractivity contribution in [2.75, 3.05) is 13.7 Å². The second kappa shape index (κ2) is 7.24. The van der Waals surface area contributed by atoms with Crippen molar-refractivity contribution in [2.24, 2.45) is 0 Å². The Morgan fingerprint density at radius 1 is 1.36 bits per heavy atom. The summed E-state index contributed by atoms with van der Waals surface area (Å²) in [5.74, 6) is 0. The lowest BCUT2D eigenvalue weighted by Gasteiger charge is -2.24. The lowest BCUT2D eigenvalue weighted by Crippen LogP contribution is -2.33. The average molecular weight is 201 g/mol. The molecule has 0 spiro atoms. The predicted octanol–water partition coefficient (Wildman–Crippen LogP) is 2.97. The van der Waals surface area contributed by atoms with E-state index in [1.165, 1.54) is 19.3 Å². The highest BCUT2D eigenvalue weighted by atomic mass is 16.5. The van der Waals surface area contributed by atoms with Crippen molar-refractivity contribution in [2.45, 2.75) is 65.0 Å². The highest BCUT2D eigenvalue weighted by molar-refractivity contribution is 4.70. The summed E-state index contributed by atoms with van der Waals surface area (Å²) in [6.45, 7) is 9.80. The summed E-state index contributed by atoms with van der Waals surface area (Å²) in [6, 6.07) is 0.641. The molecule has 0 aromatic carbocycles. The molecule has 0 saturated carbocycles. The molecule has 0 saturated heterocycles. The van der Waals surface area contributed by atoms with Crippen molar-refractivity contribution in [3.63, 3.8) is 0 Å². The van der Waals surface area contributed by atoms with E-state index < -0.39 is 0 Å². The fourth-order valence-electron chi connectivity index (χ4n) is 1.33. The SMILES string of the molecule is CCCCC(C)NCCC(C)(C)OC. The average Bonchev–Trinajstić information content (AvgIpc) is 2.14. The normalized spacial score (nSPS) is 14.4. The smallest absolute Gasteiger partial charge is 0.0634 e. The topological polar surface area (TPSA) is 21.3 Å². The number of hydrogen-bond donors (Lipinski definition) is 1. The molecule has 2 heteroatoms. The lowest BCUT2D eigenvalue weighted by molar-refractivity contribution is 0.0154. The summed E-state index contributed by atoms with van der Waals surface area (Å²) >= 11 is 0. The molecule has 2 nitrogen and oxygen atoms in total. The molecule has 1 N–H and O–H groups in total. The minimum atomic E-state index is 0.0114. The Morgan fingerprint density at radius 2 is 2.00 bits per heavy atom. The van der Waals surface area contributed by atoms with Gasteiger partial charge in [0.05, 0.1) is 5.60 Å². The van der Waals surface area contributed by atoms with Gasteiger partial charge in [0.2, 0.25) is 0 Å². The van der Waals surface area contributed by atoms with Gasteiger partial charge in [0, 0.05) is 13.2 Å². The molecule has 0 aliphatic heterocycles. The Balaban J connectivity index is 3.43. The zero-order chi connectivity index (χ0) is 11.0. The Labute approximate surface area is 89.4 Å². The van der Waals surface area contributed by atoms with Crippen LogP contribution in [0.25, 0.3) is 0 Å². The zero-order valence-electron chi connectivity index (χ0n) is 10.5. The molecule has 0 bridgehead atoms. The van der Waals surface area contributed by atoms with Gasteiger partial charge in [0.15, 0.2) is 0 Å². The van der Waals surface area contributed by atoms with Crippen molar-refractivity contribution in [1.82, 2.24) is 5.32 Å². The van der Waals surface area contributed by atoms with E-state index in [1.807, 2.05) is 0 Å². The van der Waals surface area contributed by atoms with Crippen molar-refractivity contribution < 1.29 is 4.74 Å². The molecule has 1 unspecified atom stereocenters. The molecule has 0 radical (unpaired) electrons. The Hall–Kier alpha value is -0.0800. The molecule has 86 valence electrons. The first-order valence-electron chi connectivity index (χ1n) is 5.80. The summed E-state index contributed by atoms with van der Waals surface area (Å²) < 4.78 is 5.36. The van der Waals surface area contributed by atoms with Gasteiger partial charge >= 0.3 is 0 Å². The van der Waals surface area contributed by atoms with Crippen LogP contribution in [0.5, 0.6) is 0 Å². The number of methoxy groups -OCH3 is 1. The van der Waals surface area contributed by atoms with E-state index in [9.17, 15) is 0 Å². The maximum atomic E-state index is 5.36. The zero-order valence-corrected chi connectivity index (χ0v) is 10.5. The maximum absolute atomic E-state index is 5.36. The fraction of sp³-hybridized carbons (Fsp3) is 1.00. The van der Waals surface area contributed by atoms with Crippen molar-refractivity contribution in [3.8, 4) is 0 Å². The van der Waals surface area contributed by atoms with Crippen LogP contribution in [0.2, 0.25) is 0 Å². The first-order chi connectivity index (χ1) is 6.52. The van der Waals surface area contributed by atoms with Gasteiger partial charge in [0.1, 0.15) is 0 Å². The summed E-state index contributed by atoms with van der Waals surface area (Å²) in [7, 11) is 1.78. The van der Waals surface area contributed by atoms with Gasteiger partial charge in [-0.2, -0.15) is 0 Å². The van der Waals surface area contributed by atoms with Gasteiger partial charge in [-0.15, -0.1) is 0 Å². The predicted molar refractivity (Wildman–Crippen MR) is 62.7 cm³/mol. The van der Waals surface area contributed by atoms with Crippen LogP contribution in [0.3, 0.4) is 0 Å². The van der Waals surface area contributed by atoms with Gasteiger partial charge in [-0.1, -0.05) is 19.8 Å². The Bertz CT molecular complexity index is 134. The number of hydrogen-bond acceptors (Lipinski definition) is 2. The van der Waals surface area contributed by atoms with Crippen LogP contribution >= 0.6 is 0 Å². The second-order valence-electron chi connectivity index (χ2n) is 4.71. The van der Waals surface area contributed by atoms with E-state index in [1.54, 1.807) is 7.11 Å². The molecule has 0 aliphatic carbocycles. The number of nitrogens with one attached hydrogen (secondary N) is 1. The molecular formula is C12H27NO. The van der Waals surface area contributed by atoms with Crippen molar-refractivity contribution in [3.05, 3.63) is 0 Å². The van der Waals surface area contributed by atoms with Gasteiger partial charge in [-0.25, -0.2) is 0 Å². The van der Waals surface area contributed by atoms with E-state index in [0.717, 1.165) is 13.0 Å². The van der Waals surface area contributed by atoms with Gasteiger partial charge in [0.25, 0.3) is 0 Å². The molecule has 1 atom stereocenters. The van der Waals surface area contributed by atoms with E-state index in [0.29, 0.717) is 6.04 Å². The van der Waals surface area contributed by atoms with E-state index in [-0.39, 0.29) is 5.60 Å². The van der Waals surface area contributed by atoms with Crippen LogP contribution in [0, 0.1) is 0 Å². The molecule has 0 heterocycles. The Morgan fingerprint density at radius 3 is 2.50 bits per heavy atom. The maximum Gasteiger partial charge on any atom is 0.0634 e. The van der Waals surface area contributed by atoms with Crippen LogP contribution in [-0.2, 0) is 4.74 Å². The van der Waals surface area contributed by atoms with Crippen LogP contribution < -0.4 is 5.32 Å². The first kappa shape index (κ1) is 13.9. The highest BCUT2D eigenvalue weighted by Gasteiger charge is 2.15. The van der Waals surface area contributed by atoms with Crippen LogP contribution in [0.1, 0.15) is 53.4 Å². The van der Waals surface area contributed by atoms with Crippen molar-refractivity contribution >= 4 is 0 Å². The van der Waals surface area contributed by atoms with Gasteiger partial charge in [-0.05, 0) is 40.2 Å². The molecule has 0 aliphatic rings. The van der Waals surface area contributed by atoms with Gasteiger partial charge < -0.3 is 10.1 Å². The third kappa shape index (κ3) is 7.34. The minimum Gasteiger partial charge on any atom is -0.379 e. The highest BCUT2D eigenvalue weighted by Crippen LogP contribution is 2.11. The monoisotopic (exact) mass is 201 g/mol. The second-order valence-corrected chi connectivity index (χ2v) is 4.71. The fourth-order valence-corrected chi connectivity index (χ4v) is 1.33. The molecular weight excluding hydrogens is 174 g/mol. The largest absolute Gasteiger partial charge is 0.379 e. The summed E-state index contributed by atoms with van der Waals surface area (Å²) in [5, 5.41) is 3.53. The third-order valence-corrected chi connectivity index (χ3v) is 2.76. The quantitative estimate of drug-likeness (QED) is 0.652. The van der Waals surface area contributed by atoms with Crippen LogP contribution in [0.15, 0.2) is 0 Å². The number of unbranched alkanes of at least 4 members (excludes halogenated alkanes) is 1. The molecule has 0 rings (SSSR count). The van der Waals surface area contributed by atoms with E-state index in [4.69, 9.17) is 4.74 Å². The number of rotatable bonds is 8. The molecule has 14 heavy (non-hydrogen) atoms. The summed E-state index contributed by atoms with van der Waals surface area (Å²) in [4.78, 5) is 0. The summed E-state index contributed by atoms with van der Waals surface area (Å²) in [5.41, 5.74) is 0.0114. The third-order valence-electron chi connectivity index (χ3n) is 2.76. The minimum absolute atomic E-state index is 0.0114.